The highest BCUT2D eigenvalue weighted by molar-refractivity contribution is 6.32. The Morgan fingerprint density at radius 2 is 1.76 bits per heavy atom. The predicted octanol–water partition coefficient (Wildman–Crippen LogP) is 3.24. The van der Waals surface area contributed by atoms with E-state index in [-0.39, 0.29) is 17.1 Å². The summed E-state index contributed by atoms with van der Waals surface area (Å²) in [5.41, 5.74) is -0.672. The Labute approximate surface area is 99.3 Å². The molecule has 2 rings (SSSR count). The third-order valence-corrected chi connectivity index (χ3v) is 2.53. The normalized spacial score (nSPS) is 15.1. The quantitative estimate of drug-likeness (QED) is 0.705. The van der Waals surface area contributed by atoms with Gasteiger partial charge in [-0.2, -0.15) is 13.2 Å². The van der Waals surface area contributed by atoms with Gasteiger partial charge in [0.05, 0.1) is 27.7 Å². The molecule has 1 heterocycles. The maximum absolute atomic E-state index is 12.6. The van der Waals surface area contributed by atoms with Crippen LogP contribution in [0, 0.1) is 0 Å². The molecule has 0 bridgehead atoms. The lowest BCUT2D eigenvalue weighted by molar-refractivity contribution is -0.137. The minimum atomic E-state index is -4.55. The van der Waals surface area contributed by atoms with Gasteiger partial charge in [0.15, 0.2) is 0 Å². The number of hydrogen-bond acceptors (Lipinski definition) is 2. The lowest BCUT2D eigenvalue weighted by Gasteiger charge is -2.22. The van der Waals surface area contributed by atoms with E-state index in [2.05, 4.69) is 17.2 Å². The van der Waals surface area contributed by atoms with Crippen molar-refractivity contribution in [1.29, 1.82) is 0 Å². The Hall–Kier alpha value is -1.69. The summed E-state index contributed by atoms with van der Waals surface area (Å²) in [4.78, 5) is 11.2. The van der Waals surface area contributed by atoms with Gasteiger partial charge in [0.2, 0.25) is 0 Å². The second-order valence-electron chi connectivity index (χ2n) is 3.43. The number of carbonyl (C=O) groups excluding carboxylic acids is 1. The van der Waals surface area contributed by atoms with Crippen LogP contribution in [0.2, 0.25) is 5.02 Å². The lowest BCUT2D eigenvalue weighted by Crippen LogP contribution is -2.25. The smallest absolute Gasteiger partial charge is 0.350 e. The number of halogens is 4. The van der Waals surface area contributed by atoms with E-state index in [1.165, 1.54) is 0 Å². The highest BCUT2D eigenvalue weighted by atomic mass is 35.5. The van der Waals surface area contributed by atoms with E-state index in [9.17, 15) is 18.0 Å². The van der Waals surface area contributed by atoms with E-state index in [0.29, 0.717) is 0 Å². The molecule has 2 N–H and O–H groups in total. The Balaban J connectivity index is 2.54. The van der Waals surface area contributed by atoms with Gasteiger partial charge in [-0.3, -0.25) is 4.79 Å². The second kappa shape index (κ2) is 3.66. The third kappa shape index (κ3) is 2.08. The van der Waals surface area contributed by atoms with Crippen LogP contribution in [0.3, 0.4) is 0 Å². The lowest BCUT2D eigenvalue weighted by atomic mass is 10.1. The Morgan fingerprint density at radius 1 is 1.18 bits per heavy atom. The van der Waals surface area contributed by atoms with Gasteiger partial charge in [0, 0.05) is 0 Å². The van der Waals surface area contributed by atoms with Gasteiger partial charge >= 0.3 is 6.18 Å². The first-order valence-corrected chi connectivity index (χ1v) is 4.85. The number of hydrogen-bond donors (Lipinski definition) is 2. The second-order valence-corrected chi connectivity index (χ2v) is 3.84. The molecule has 7 heteroatoms. The molecule has 0 aliphatic carbocycles. The van der Waals surface area contributed by atoms with Crippen LogP contribution < -0.4 is 10.6 Å². The molecule has 0 unspecified atom stereocenters. The third-order valence-electron chi connectivity index (χ3n) is 2.22. The fourth-order valence-corrected chi connectivity index (χ4v) is 1.69. The average Bonchev–Trinajstić information content (AvgIpc) is 2.18. The first kappa shape index (κ1) is 11.8. The highest BCUT2D eigenvalue weighted by Gasteiger charge is 2.35. The minimum Gasteiger partial charge on any atom is -0.350 e. The fourth-order valence-electron chi connectivity index (χ4n) is 1.41. The maximum Gasteiger partial charge on any atom is 0.417 e. The van der Waals surface area contributed by atoms with Crippen LogP contribution in [-0.4, -0.2) is 5.91 Å². The largest absolute Gasteiger partial charge is 0.417 e. The van der Waals surface area contributed by atoms with Crippen molar-refractivity contribution in [3.8, 4) is 0 Å². The van der Waals surface area contributed by atoms with Crippen LogP contribution in [0.25, 0.3) is 0 Å². The number of alkyl halides is 3. The summed E-state index contributed by atoms with van der Waals surface area (Å²) in [6.45, 7) is 3.37. The van der Waals surface area contributed by atoms with Crippen molar-refractivity contribution in [3.63, 3.8) is 0 Å². The predicted molar refractivity (Wildman–Crippen MR) is 57.8 cm³/mol. The van der Waals surface area contributed by atoms with Gasteiger partial charge in [0.1, 0.15) is 0 Å². The highest BCUT2D eigenvalue weighted by Crippen LogP contribution is 2.40. The summed E-state index contributed by atoms with van der Waals surface area (Å²) >= 11 is 5.51. The van der Waals surface area contributed by atoms with Crippen LogP contribution in [0.4, 0.5) is 24.5 Å². The van der Waals surface area contributed by atoms with Crippen molar-refractivity contribution in [2.75, 3.05) is 10.6 Å². The monoisotopic (exact) mass is 262 g/mol. The van der Waals surface area contributed by atoms with Crippen molar-refractivity contribution >= 4 is 28.9 Å². The summed E-state index contributed by atoms with van der Waals surface area (Å²) in [6.07, 6.45) is -4.55. The van der Waals surface area contributed by atoms with Gasteiger partial charge in [-0.15, -0.1) is 0 Å². The van der Waals surface area contributed by atoms with Crippen molar-refractivity contribution in [3.05, 3.63) is 35.0 Å². The summed E-state index contributed by atoms with van der Waals surface area (Å²) in [5, 5.41) is 4.39. The molecule has 90 valence electrons. The molecule has 3 nitrogen and oxygen atoms in total. The molecule has 17 heavy (non-hydrogen) atoms. The average molecular weight is 263 g/mol. The molecule has 1 amide bonds. The molecule has 0 radical (unpaired) electrons. The topological polar surface area (TPSA) is 41.1 Å². The molecule has 0 saturated carbocycles. The van der Waals surface area contributed by atoms with Crippen molar-refractivity contribution < 1.29 is 18.0 Å². The molecular weight excluding hydrogens is 257 g/mol. The van der Waals surface area contributed by atoms with Gasteiger partial charge in [-0.1, -0.05) is 18.2 Å². The Kier molecular flexibility index (Phi) is 2.54. The molecule has 1 aliphatic rings. The van der Waals surface area contributed by atoms with Crippen molar-refractivity contribution in [2.45, 2.75) is 6.18 Å². The standard InChI is InChI=1S/C10H6ClF3N2O/c1-4-9(17)16-8-3-6(11)5(10(12,13)14)2-7(8)15-4/h2-3,15H,1H2,(H,16,17). The van der Waals surface area contributed by atoms with E-state index in [1.807, 2.05) is 0 Å². The van der Waals surface area contributed by atoms with Crippen LogP contribution in [0.1, 0.15) is 5.56 Å². The Morgan fingerprint density at radius 3 is 2.35 bits per heavy atom. The molecule has 0 saturated heterocycles. The first-order valence-electron chi connectivity index (χ1n) is 4.47. The minimum absolute atomic E-state index is 0.0204. The van der Waals surface area contributed by atoms with E-state index < -0.39 is 22.7 Å². The molecule has 0 aromatic heterocycles. The van der Waals surface area contributed by atoms with E-state index >= 15 is 0 Å². The van der Waals surface area contributed by atoms with Crippen LogP contribution in [-0.2, 0) is 11.0 Å². The molecule has 1 aromatic rings. The first-order chi connectivity index (χ1) is 7.79. The molecule has 1 aliphatic heterocycles. The number of anilines is 2. The zero-order valence-corrected chi connectivity index (χ0v) is 9.04. The van der Waals surface area contributed by atoms with Gasteiger partial charge in [-0.05, 0) is 12.1 Å². The summed E-state index contributed by atoms with van der Waals surface area (Å²) < 4.78 is 37.7. The van der Waals surface area contributed by atoms with Crippen LogP contribution in [0.15, 0.2) is 24.4 Å². The van der Waals surface area contributed by atoms with E-state index in [4.69, 9.17) is 11.6 Å². The van der Waals surface area contributed by atoms with Crippen molar-refractivity contribution in [2.24, 2.45) is 0 Å². The van der Waals surface area contributed by atoms with Crippen LogP contribution in [0.5, 0.6) is 0 Å². The number of fused-ring (bicyclic) bond motifs is 1. The summed E-state index contributed by atoms with van der Waals surface area (Å²) in [7, 11) is 0. The molecular formula is C10H6ClF3N2O. The maximum atomic E-state index is 12.6. The summed E-state index contributed by atoms with van der Waals surface area (Å²) in [5.74, 6) is -0.506. The molecule has 0 atom stereocenters. The van der Waals surface area contributed by atoms with Crippen molar-refractivity contribution in [1.82, 2.24) is 0 Å². The fraction of sp³-hybridized carbons (Fsp3) is 0.100. The molecule has 0 fully saturated rings. The Bertz CT molecular complexity index is 525. The number of amides is 1. The number of benzene rings is 1. The number of carbonyl (C=O) groups is 1. The van der Waals surface area contributed by atoms with Crippen LogP contribution >= 0.6 is 11.6 Å². The zero-order valence-electron chi connectivity index (χ0n) is 8.28. The SMILES string of the molecule is C=C1Nc2cc(C(F)(F)F)c(Cl)cc2NC1=O. The van der Waals surface area contributed by atoms with Gasteiger partial charge in [0.25, 0.3) is 5.91 Å². The van der Waals surface area contributed by atoms with Gasteiger partial charge < -0.3 is 10.6 Å². The van der Waals surface area contributed by atoms with Gasteiger partial charge in [-0.25, -0.2) is 0 Å². The molecule has 1 aromatic carbocycles. The molecule has 0 spiro atoms. The zero-order chi connectivity index (χ0) is 12.8. The number of rotatable bonds is 0. The van der Waals surface area contributed by atoms with E-state index in [1.54, 1.807) is 0 Å². The number of nitrogens with one attached hydrogen (secondary N) is 2. The summed E-state index contributed by atoms with van der Waals surface area (Å²) in [6, 6.07) is 1.89. The van der Waals surface area contributed by atoms with E-state index in [0.717, 1.165) is 12.1 Å².